The molecule has 15 heteroatoms. The third-order valence-corrected chi connectivity index (χ3v) is 13.6. The number of anilines is 2. The number of nitrogens with zero attached hydrogens (tertiary/aromatic N) is 7. The van der Waals surface area contributed by atoms with E-state index in [4.69, 9.17) is 20.5 Å². The minimum atomic E-state index is -2.74. The summed E-state index contributed by atoms with van der Waals surface area (Å²) in [6.45, 7) is 10.1. The van der Waals surface area contributed by atoms with E-state index in [1.54, 1.807) is 36.4 Å². The highest BCUT2D eigenvalue weighted by atomic mass is 35.5. The molecule has 3 saturated heterocycles. The topological polar surface area (TPSA) is 142 Å². The Labute approximate surface area is 359 Å². The van der Waals surface area contributed by atoms with Crippen LogP contribution in [-0.2, 0) is 16.1 Å². The monoisotopic (exact) mass is 841 g/mol. The van der Waals surface area contributed by atoms with Crippen molar-refractivity contribution < 1.29 is 32.4 Å². The van der Waals surface area contributed by atoms with E-state index in [9.17, 15) is 24.4 Å². The molecule has 5 aliphatic rings. The Morgan fingerprint density at radius 3 is 2.38 bits per heavy atom. The molecular formula is C45H52ClFN8O5. The van der Waals surface area contributed by atoms with E-state index in [0.717, 1.165) is 50.5 Å². The van der Waals surface area contributed by atoms with E-state index in [-0.39, 0.29) is 41.8 Å². The van der Waals surface area contributed by atoms with E-state index in [1.165, 1.54) is 17.2 Å². The van der Waals surface area contributed by atoms with E-state index in [1.807, 2.05) is 38.7 Å². The zero-order chi connectivity index (χ0) is 45.2. The molecule has 2 aromatic carbocycles. The summed E-state index contributed by atoms with van der Waals surface area (Å²) in [4.78, 5) is 65.2. The lowest BCUT2D eigenvalue weighted by atomic mass is 9.49. The zero-order valence-corrected chi connectivity index (χ0v) is 35.1. The summed E-state index contributed by atoms with van der Waals surface area (Å²) in [5.74, 6) is -0.590. The third-order valence-electron chi connectivity index (χ3n) is 13.3. The lowest BCUT2D eigenvalue weighted by Crippen LogP contribution is -2.74. The number of carbonyl (C=O) groups excluding carboxylic acids is 4. The number of piperazine rings is 1. The normalized spacial score (nSPS) is 25.0. The van der Waals surface area contributed by atoms with Gasteiger partial charge >= 0.3 is 0 Å². The number of hydrogen-bond acceptors (Lipinski definition) is 10. The van der Waals surface area contributed by atoms with Gasteiger partial charge in [-0.25, -0.2) is 9.37 Å². The number of hydrogen-bond donors (Lipinski definition) is 1. The lowest BCUT2D eigenvalue weighted by molar-refractivity contribution is -0.195. The fourth-order valence-corrected chi connectivity index (χ4v) is 10.7. The van der Waals surface area contributed by atoms with E-state index in [2.05, 4.69) is 20.1 Å². The Hall–Kier alpha value is -5.26. The van der Waals surface area contributed by atoms with Crippen molar-refractivity contribution in [3.63, 3.8) is 0 Å². The standard InChI is InChI=1S/C45H52ClFN8O5/c1-44(2)42(45(3,4)43(44)60-31-8-6-28(23-48)33(46)21-31)51(5)40(58)29-7-10-37(49-24-29)54-14-12-27(13-15-54)25-52-16-18-53(19-17-52)36-22-32-30(20-34(36)47)26-55(41(32)59)35-9-11-38(56)50-39(35)57/h6-8,10,20-22,24,27,35,42-43H,9,11-19,25-26H2,1-5H3,(H,50,56,57)/i5D3. The highest BCUT2D eigenvalue weighted by Gasteiger charge is 2.65. The van der Waals surface area contributed by atoms with E-state index < -0.39 is 53.6 Å². The maximum atomic E-state index is 15.5. The molecule has 1 N–H and O–H groups in total. The molecule has 5 heterocycles. The number of halogens is 2. The Kier molecular flexibility index (Phi) is 10.0. The molecule has 1 saturated carbocycles. The molecule has 8 rings (SSSR count). The Balaban J connectivity index is 0.836. The van der Waals surface area contributed by atoms with Gasteiger partial charge in [0.25, 0.3) is 11.8 Å². The van der Waals surface area contributed by atoms with Crippen molar-refractivity contribution >= 4 is 46.7 Å². The van der Waals surface area contributed by atoms with Crippen LogP contribution in [0.25, 0.3) is 0 Å². The highest BCUT2D eigenvalue weighted by Crippen LogP contribution is 2.58. The van der Waals surface area contributed by atoms with Crippen molar-refractivity contribution in [1.82, 2.24) is 25.0 Å². The number of nitriles is 1. The van der Waals surface area contributed by atoms with Crippen molar-refractivity contribution in [2.45, 2.75) is 78.1 Å². The SMILES string of the molecule is [2H]C([2H])([2H])N(C(=O)c1ccc(N2CCC(CN3CCN(c4cc5c(cc4F)CN(C4CCC(=O)NC4=O)C5=O)CC3)CC2)nc1)C1C(C)(C)C(Oc2ccc(C#N)c(Cl)c2)C1(C)C. The minimum absolute atomic E-state index is 0.132. The summed E-state index contributed by atoms with van der Waals surface area (Å²) < 4.78 is 47.2. The molecule has 316 valence electrons. The largest absolute Gasteiger partial charge is 0.489 e. The second-order valence-electron chi connectivity index (χ2n) is 18.0. The van der Waals surface area contributed by atoms with Gasteiger partial charge in [-0.05, 0) is 67.1 Å². The molecule has 0 spiro atoms. The molecule has 60 heavy (non-hydrogen) atoms. The van der Waals surface area contributed by atoms with Crippen LogP contribution in [0, 0.1) is 33.9 Å². The van der Waals surface area contributed by atoms with Crippen LogP contribution < -0.4 is 19.9 Å². The molecule has 1 atom stereocenters. The van der Waals surface area contributed by atoms with Gasteiger partial charge in [-0.3, -0.25) is 29.4 Å². The van der Waals surface area contributed by atoms with Gasteiger partial charge in [-0.15, -0.1) is 0 Å². The molecule has 1 unspecified atom stereocenters. The summed E-state index contributed by atoms with van der Waals surface area (Å²) in [5, 5.41) is 11.8. The number of carbonyl (C=O) groups is 4. The van der Waals surface area contributed by atoms with Gasteiger partial charge in [0, 0.05) is 105 Å². The van der Waals surface area contributed by atoms with Crippen LogP contribution in [-0.4, -0.2) is 114 Å². The summed E-state index contributed by atoms with van der Waals surface area (Å²) in [7, 11) is 0. The molecule has 4 fully saturated rings. The number of amides is 4. The van der Waals surface area contributed by atoms with Gasteiger partial charge in [0.1, 0.15) is 35.6 Å². The van der Waals surface area contributed by atoms with Crippen LogP contribution >= 0.6 is 11.6 Å². The van der Waals surface area contributed by atoms with Crippen LogP contribution in [0.2, 0.25) is 5.02 Å². The second kappa shape index (κ2) is 16.0. The first kappa shape index (κ1) is 37.7. The Morgan fingerprint density at radius 1 is 1.02 bits per heavy atom. The molecule has 13 nitrogen and oxygen atoms in total. The highest BCUT2D eigenvalue weighted by molar-refractivity contribution is 6.31. The molecule has 0 bridgehead atoms. The Bertz CT molecular complexity index is 2340. The maximum absolute atomic E-state index is 15.5. The van der Waals surface area contributed by atoms with Gasteiger partial charge in [0.05, 0.1) is 21.8 Å². The number of piperidine rings is 2. The number of rotatable bonds is 9. The van der Waals surface area contributed by atoms with Crippen LogP contribution in [0.5, 0.6) is 5.75 Å². The van der Waals surface area contributed by atoms with Gasteiger partial charge in [0.2, 0.25) is 11.8 Å². The average Bonchev–Trinajstić information content (AvgIpc) is 3.55. The minimum Gasteiger partial charge on any atom is -0.489 e. The number of ether oxygens (including phenoxy) is 1. The number of imide groups is 1. The zero-order valence-electron chi connectivity index (χ0n) is 37.3. The number of nitrogens with one attached hydrogen (secondary N) is 1. The number of benzene rings is 2. The van der Waals surface area contributed by atoms with Crippen LogP contribution in [0.4, 0.5) is 15.9 Å². The summed E-state index contributed by atoms with van der Waals surface area (Å²) >= 11 is 6.26. The van der Waals surface area contributed by atoms with Gasteiger partial charge in [-0.1, -0.05) is 39.3 Å². The molecule has 4 amide bonds. The summed E-state index contributed by atoms with van der Waals surface area (Å²) in [5.41, 5.74) is 0.278. The summed E-state index contributed by atoms with van der Waals surface area (Å²) in [6.07, 6.45) is 3.26. The average molecular weight is 842 g/mol. The number of aromatic nitrogens is 1. The summed E-state index contributed by atoms with van der Waals surface area (Å²) in [6, 6.07) is 11.8. The quantitative estimate of drug-likeness (QED) is 0.275. The maximum Gasteiger partial charge on any atom is 0.255 e. The predicted molar refractivity (Wildman–Crippen MR) is 224 cm³/mol. The predicted octanol–water partition coefficient (Wildman–Crippen LogP) is 5.50. The molecule has 4 aliphatic heterocycles. The van der Waals surface area contributed by atoms with Crippen molar-refractivity contribution in [2.75, 3.05) is 62.6 Å². The molecule has 1 aliphatic carbocycles. The second-order valence-corrected chi connectivity index (χ2v) is 18.4. The number of fused-ring (bicyclic) bond motifs is 1. The molecular weight excluding hydrogens is 787 g/mol. The first-order chi connectivity index (χ1) is 29.8. The van der Waals surface area contributed by atoms with Gasteiger partial charge < -0.3 is 24.3 Å². The molecule has 0 radical (unpaired) electrons. The smallest absolute Gasteiger partial charge is 0.255 e. The van der Waals surface area contributed by atoms with Crippen molar-refractivity contribution in [3.05, 3.63) is 81.8 Å². The van der Waals surface area contributed by atoms with Crippen molar-refractivity contribution in [3.8, 4) is 11.8 Å². The third kappa shape index (κ3) is 7.55. The van der Waals surface area contributed by atoms with Gasteiger partial charge in [0.15, 0.2) is 0 Å². The molecule has 3 aromatic rings. The van der Waals surface area contributed by atoms with E-state index in [0.29, 0.717) is 53.0 Å². The van der Waals surface area contributed by atoms with Crippen molar-refractivity contribution in [1.29, 1.82) is 5.26 Å². The van der Waals surface area contributed by atoms with Crippen molar-refractivity contribution in [2.24, 2.45) is 16.7 Å². The fourth-order valence-electron chi connectivity index (χ4n) is 10.5. The van der Waals surface area contributed by atoms with Crippen LogP contribution in [0.3, 0.4) is 0 Å². The first-order valence-corrected chi connectivity index (χ1v) is 21.0. The lowest BCUT2D eigenvalue weighted by Gasteiger charge is -2.65. The molecule has 1 aromatic heterocycles. The van der Waals surface area contributed by atoms with E-state index >= 15 is 4.39 Å². The Morgan fingerprint density at radius 2 is 1.75 bits per heavy atom. The van der Waals surface area contributed by atoms with Crippen LogP contribution in [0.15, 0.2) is 48.7 Å². The first-order valence-electron chi connectivity index (χ1n) is 22.1. The number of pyridine rings is 1. The van der Waals surface area contributed by atoms with Gasteiger partial charge in [-0.2, -0.15) is 5.26 Å². The van der Waals surface area contributed by atoms with Crippen LogP contribution in [0.1, 0.15) is 89.3 Å². The fraction of sp³-hybridized carbons (Fsp3) is 0.511.